The van der Waals surface area contributed by atoms with Gasteiger partial charge in [0.2, 0.25) is 11.4 Å². The van der Waals surface area contributed by atoms with Crippen LogP contribution in [0.15, 0.2) is 0 Å². The Bertz CT molecular complexity index is 533. The number of ether oxygens (including phenoxy) is 2. The standard InChI is InChI=1S/C14H28N2O6S/c1-4-6-11(7-5-2)23(19,20)10-14(16,12(15)17)13(18)22-9-8-21-3/h11H,4-10,16H2,1-3H3,(H2,15,17)/t14-/m0/s1/i11D. The lowest BCUT2D eigenvalue weighted by Crippen LogP contribution is -2.63. The van der Waals surface area contributed by atoms with Crippen molar-refractivity contribution < 1.29 is 28.9 Å². The van der Waals surface area contributed by atoms with Crippen LogP contribution in [0.1, 0.15) is 40.9 Å². The Morgan fingerprint density at radius 3 is 2.13 bits per heavy atom. The van der Waals surface area contributed by atoms with Gasteiger partial charge in [-0.05, 0) is 12.8 Å². The molecule has 8 nitrogen and oxygen atoms in total. The fourth-order valence-corrected chi connectivity index (χ4v) is 4.07. The Morgan fingerprint density at radius 1 is 1.22 bits per heavy atom. The van der Waals surface area contributed by atoms with E-state index in [4.69, 9.17) is 22.3 Å². The molecule has 0 rings (SSSR count). The van der Waals surface area contributed by atoms with Crippen molar-refractivity contribution in [1.29, 1.82) is 0 Å². The summed E-state index contributed by atoms with van der Waals surface area (Å²) in [7, 11) is -2.83. The number of rotatable bonds is 12. The summed E-state index contributed by atoms with van der Waals surface area (Å²) < 4.78 is 43.1. The molecular formula is C14H28N2O6S. The summed E-state index contributed by atoms with van der Waals surface area (Å²) in [5.74, 6) is -3.63. The number of primary amides is 1. The van der Waals surface area contributed by atoms with Gasteiger partial charge in [0.25, 0.3) is 0 Å². The van der Waals surface area contributed by atoms with Crippen molar-refractivity contribution in [1.82, 2.24) is 0 Å². The van der Waals surface area contributed by atoms with Crippen LogP contribution < -0.4 is 11.5 Å². The number of nitrogens with two attached hydrogens (primary N) is 2. The van der Waals surface area contributed by atoms with Crippen LogP contribution >= 0.6 is 0 Å². The molecule has 0 aliphatic heterocycles. The molecular weight excluding hydrogens is 324 g/mol. The Balaban J connectivity index is 5.56. The van der Waals surface area contributed by atoms with Crippen LogP contribution in [0.5, 0.6) is 0 Å². The third kappa shape index (κ3) is 6.44. The number of esters is 1. The Labute approximate surface area is 139 Å². The minimum absolute atomic E-state index is 0.0569. The van der Waals surface area contributed by atoms with Gasteiger partial charge >= 0.3 is 5.97 Å². The van der Waals surface area contributed by atoms with Crippen molar-refractivity contribution in [3.8, 4) is 0 Å². The predicted octanol–water partition coefficient (Wildman–Crippen LogP) is -0.258. The Hall–Kier alpha value is -1.19. The number of hydrogen-bond donors (Lipinski definition) is 2. The van der Waals surface area contributed by atoms with E-state index >= 15 is 0 Å². The van der Waals surface area contributed by atoms with Gasteiger partial charge in [-0.2, -0.15) is 0 Å². The Morgan fingerprint density at radius 2 is 1.74 bits per heavy atom. The zero-order chi connectivity index (χ0) is 19.0. The van der Waals surface area contributed by atoms with Crippen LogP contribution in [0.3, 0.4) is 0 Å². The van der Waals surface area contributed by atoms with Crippen LogP contribution in [-0.4, -0.2) is 57.1 Å². The molecule has 0 aromatic rings. The number of amides is 1. The molecule has 0 saturated carbocycles. The molecule has 136 valence electrons. The summed E-state index contributed by atoms with van der Waals surface area (Å²) in [6.45, 7) is 3.35. The maximum atomic E-state index is 12.7. The minimum Gasteiger partial charge on any atom is -0.461 e. The fraction of sp³-hybridized carbons (Fsp3) is 0.857. The second-order valence-corrected chi connectivity index (χ2v) is 7.36. The largest absolute Gasteiger partial charge is 0.461 e. The van der Waals surface area contributed by atoms with E-state index in [2.05, 4.69) is 0 Å². The highest BCUT2D eigenvalue weighted by Gasteiger charge is 2.47. The van der Waals surface area contributed by atoms with E-state index in [1.165, 1.54) is 7.11 Å². The average Bonchev–Trinajstić information content (AvgIpc) is 2.46. The zero-order valence-electron chi connectivity index (χ0n) is 15.0. The summed E-state index contributed by atoms with van der Waals surface area (Å²) in [5.41, 5.74) is 8.30. The lowest BCUT2D eigenvalue weighted by molar-refractivity contribution is -0.153. The van der Waals surface area contributed by atoms with Gasteiger partial charge in [-0.25, -0.2) is 13.2 Å². The van der Waals surface area contributed by atoms with Gasteiger partial charge in [-0.3, -0.25) is 4.79 Å². The first-order chi connectivity index (χ1) is 11.0. The van der Waals surface area contributed by atoms with Crippen LogP contribution in [0.2, 0.25) is 0 Å². The molecule has 1 atom stereocenters. The minimum atomic E-state index is -4.22. The van der Waals surface area contributed by atoms with Crippen LogP contribution in [-0.2, 0) is 28.9 Å². The highest BCUT2D eigenvalue weighted by molar-refractivity contribution is 7.92. The van der Waals surface area contributed by atoms with Gasteiger partial charge < -0.3 is 20.9 Å². The van der Waals surface area contributed by atoms with Crippen molar-refractivity contribution in [2.75, 3.05) is 26.1 Å². The second-order valence-electron chi connectivity index (χ2n) is 5.26. The lowest BCUT2D eigenvalue weighted by atomic mass is 10.0. The average molecular weight is 353 g/mol. The SMILES string of the molecule is [2H]C(CCC)(CCC)S(=O)(=O)C[C@](N)(C(N)=O)C(=O)OCCOC. The topological polar surface area (TPSA) is 139 Å². The molecule has 0 spiro atoms. The first kappa shape index (κ1) is 19.9. The zero-order valence-corrected chi connectivity index (χ0v) is 14.8. The molecule has 0 saturated heterocycles. The maximum absolute atomic E-state index is 12.7. The van der Waals surface area contributed by atoms with Gasteiger partial charge in [0.1, 0.15) is 6.61 Å². The molecule has 0 radical (unpaired) electrons. The van der Waals surface area contributed by atoms with Crippen molar-refractivity contribution in [3.05, 3.63) is 0 Å². The molecule has 0 unspecified atom stereocenters. The van der Waals surface area contributed by atoms with Crippen molar-refractivity contribution in [2.45, 2.75) is 50.3 Å². The van der Waals surface area contributed by atoms with Crippen LogP contribution in [0, 0.1) is 0 Å². The monoisotopic (exact) mass is 353 g/mol. The van der Waals surface area contributed by atoms with E-state index < -0.39 is 38.2 Å². The van der Waals surface area contributed by atoms with E-state index in [-0.39, 0.29) is 26.1 Å². The van der Waals surface area contributed by atoms with Crippen molar-refractivity contribution >= 4 is 21.7 Å². The lowest BCUT2D eigenvalue weighted by Gasteiger charge is -2.26. The molecule has 0 aromatic carbocycles. The van der Waals surface area contributed by atoms with E-state index in [0.717, 1.165) is 0 Å². The highest BCUT2D eigenvalue weighted by atomic mass is 32.2. The smallest absolute Gasteiger partial charge is 0.337 e. The second kappa shape index (κ2) is 9.84. The third-order valence-electron chi connectivity index (χ3n) is 3.24. The first-order valence-electron chi connectivity index (χ1n) is 7.98. The molecule has 4 N–H and O–H groups in total. The summed E-state index contributed by atoms with van der Waals surface area (Å²) >= 11 is 0. The molecule has 9 heteroatoms. The highest BCUT2D eigenvalue weighted by Crippen LogP contribution is 2.20. The normalized spacial score (nSPS) is 15.6. The van der Waals surface area contributed by atoms with Crippen LogP contribution in [0.25, 0.3) is 0 Å². The number of carbonyl (C=O) groups is 2. The number of carbonyl (C=O) groups excluding carboxylic acids is 2. The molecule has 1 amide bonds. The van der Waals surface area contributed by atoms with E-state index in [1.54, 1.807) is 13.8 Å². The maximum Gasteiger partial charge on any atom is 0.337 e. The van der Waals surface area contributed by atoms with E-state index in [0.29, 0.717) is 12.8 Å². The number of hydrogen-bond acceptors (Lipinski definition) is 7. The fourth-order valence-electron chi connectivity index (χ4n) is 1.97. The van der Waals surface area contributed by atoms with Gasteiger partial charge in [0.05, 0.1) is 17.6 Å². The quantitative estimate of drug-likeness (QED) is 0.280. The summed E-state index contributed by atoms with van der Waals surface area (Å²) in [5, 5.41) is -1.83. The van der Waals surface area contributed by atoms with E-state index in [1.807, 2.05) is 0 Å². The summed E-state index contributed by atoms with van der Waals surface area (Å²) in [4.78, 5) is 23.7. The molecule has 0 aromatic heterocycles. The molecule has 0 aliphatic carbocycles. The Kier molecular flexibility index (Phi) is 8.49. The van der Waals surface area contributed by atoms with Gasteiger partial charge in [-0.15, -0.1) is 0 Å². The number of methoxy groups -OCH3 is 1. The van der Waals surface area contributed by atoms with Crippen LogP contribution in [0.4, 0.5) is 0 Å². The first-order valence-corrected chi connectivity index (χ1v) is 9.13. The molecule has 0 bridgehead atoms. The van der Waals surface area contributed by atoms with Gasteiger partial charge in [0.15, 0.2) is 9.84 Å². The van der Waals surface area contributed by atoms with E-state index in [9.17, 15) is 18.0 Å². The predicted molar refractivity (Wildman–Crippen MR) is 86.3 cm³/mol. The third-order valence-corrected chi connectivity index (χ3v) is 5.36. The number of sulfone groups is 1. The molecule has 0 heterocycles. The van der Waals surface area contributed by atoms with Crippen molar-refractivity contribution in [2.24, 2.45) is 11.5 Å². The molecule has 23 heavy (non-hydrogen) atoms. The van der Waals surface area contributed by atoms with Crippen molar-refractivity contribution in [3.63, 3.8) is 0 Å². The van der Waals surface area contributed by atoms with Gasteiger partial charge in [0, 0.05) is 8.48 Å². The molecule has 0 fully saturated rings. The summed E-state index contributed by atoms with van der Waals surface area (Å²) in [6.07, 6.45) is 1.04. The molecule has 0 aliphatic rings. The summed E-state index contributed by atoms with van der Waals surface area (Å²) in [6, 6.07) is 0. The van der Waals surface area contributed by atoms with Gasteiger partial charge in [-0.1, -0.05) is 26.7 Å².